The Hall–Kier alpha value is -2.87. The van der Waals surface area contributed by atoms with Crippen molar-refractivity contribution in [1.29, 1.82) is 0 Å². The number of carbonyl (C=O) groups is 1. The highest BCUT2D eigenvalue weighted by Gasteiger charge is 2.36. The molecule has 0 amide bonds. The van der Waals surface area contributed by atoms with Crippen LogP contribution in [0.4, 0.5) is 0 Å². The van der Waals surface area contributed by atoms with E-state index in [0.717, 1.165) is 11.8 Å². The molecule has 6 rings (SSSR count). The molecule has 1 saturated carbocycles. The minimum Gasteiger partial charge on any atom is -0.462 e. The molecule has 4 aromatic carbocycles. The summed E-state index contributed by atoms with van der Waals surface area (Å²) in [6.45, 7) is 0.534. The summed E-state index contributed by atoms with van der Waals surface area (Å²) < 4.78 is 5.78. The number of allylic oxidation sites excluding steroid dienone is 2. The van der Waals surface area contributed by atoms with E-state index in [-0.39, 0.29) is 5.97 Å². The summed E-state index contributed by atoms with van der Waals surface area (Å²) >= 11 is 0. The van der Waals surface area contributed by atoms with E-state index in [1.165, 1.54) is 33.4 Å². The first-order valence-corrected chi connectivity index (χ1v) is 9.80. The van der Waals surface area contributed by atoms with Crippen LogP contribution in [0, 0.1) is 17.8 Å². The number of hydrogen-bond donors (Lipinski definition) is 0. The summed E-state index contributed by atoms with van der Waals surface area (Å²) in [7, 11) is 0. The van der Waals surface area contributed by atoms with E-state index in [9.17, 15) is 4.79 Å². The van der Waals surface area contributed by atoms with Crippen LogP contribution in [0.2, 0.25) is 0 Å². The predicted molar refractivity (Wildman–Crippen MR) is 109 cm³/mol. The van der Waals surface area contributed by atoms with Gasteiger partial charge in [-0.15, -0.1) is 0 Å². The van der Waals surface area contributed by atoms with Crippen molar-refractivity contribution in [3.8, 4) is 0 Å². The molecule has 3 unspecified atom stereocenters. The van der Waals surface area contributed by atoms with Gasteiger partial charge >= 0.3 is 5.97 Å². The van der Waals surface area contributed by atoms with E-state index in [1.807, 2.05) is 12.1 Å². The van der Waals surface area contributed by atoms with Gasteiger partial charge in [-0.2, -0.15) is 0 Å². The van der Waals surface area contributed by atoms with Crippen molar-refractivity contribution < 1.29 is 9.53 Å². The SMILES string of the molecule is O=C(OCC1CC2C=CC1C2)c1ccc2ccc3cccc4ccc1c2c34. The molecule has 0 N–H and O–H groups in total. The molecule has 3 atom stereocenters. The minimum atomic E-state index is -0.195. The largest absolute Gasteiger partial charge is 0.462 e. The van der Waals surface area contributed by atoms with Crippen LogP contribution in [0.1, 0.15) is 23.2 Å². The Balaban J connectivity index is 1.40. The van der Waals surface area contributed by atoms with Gasteiger partial charge in [-0.3, -0.25) is 0 Å². The fourth-order valence-corrected chi connectivity index (χ4v) is 5.26. The van der Waals surface area contributed by atoms with E-state index in [1.54, 1.807) is 0 Å². The fourth-order valence-electron chi connectivity index (χ4n) is 5.26. The van der Waals surface area contributed by atoms with E-state index >= 15 is 0 Å². The molecule has 27 heavy (non-hydrogen) atoms. The van der Waals surface area contributed by atoms with Crippen LogP contribution in [0.3, 0.4) is 0 Å². The highest BCUT2D eigenvalue weighted by molar-refractivity contribution is 6.25. The number of benzene rings is 4. The molecule has 0 spiro atoms. The second-order valence-electron chi connectivity index (χ2n) is 8.11. The zero-order valence-corrected chi connectivity index (χ0v) is 15.0. The van der Waals surface area contributed by atoms with Gasteiger partial charge in [0.1, 0.15) is 0 Å². The monoisotopic (exact) mass is 352 g/mol. The Kier molecular flexibility index (Phi) is 3.13. The van der Waals surface area contributed by atoms with Crippen molar-refractivity contribution in [2.24, 2.45) is 17.8 Å². The maximum Gasteiger partial charge on any atom is 0.338 e. The fraction of sp³-hybridized carbons (Fsp3) is 0.240. The second-order valence-corrected chi connectivity index (χ2v) is 8.11. The van der Waals surface area contributed by atoms with Gasteiger partial charge in [0, 0.05) is 0 Å². The average Bonchev–Trinajstić information content (AvgIpc) is 3.33. The van der Waals surface area contributed by atoms with E-state index in [4.69, 9.17) is 4.74 Å². The molecular formula is C25H20O2. The maximum atomic E-state index is 12.9. The van der Waals surface area contributed by atoms with Crippen molar-refractivity contribution in [1.82, 2.24) is 0 Å². The molecule has 0 aromatic heterocycles. The molecule has 4 aromatic rings. The lowest BCUT2D eigenvalue weighted by atomic mass is 9.92. The summed E-state index contributed by atoms with van der Waals surface area (Å²) in [5.41, 5.74) is 0.680. The molecule has 0 radical (unpaired) electrons. The first-order valence-electron chi connectivity index (χ1n) is 9.80. The molecule has 2 nitrogen and oxygen atoms in total. The molecule has 1 fully saturated rings. The molecule has 2 aliphatic carbocycles. The van der Waals surface area contributed by atoms with Crippen LogP contribution >= 0.6 is 0 Å². The van der Waals surface area contributed by atoms with Crippen molar-refractivity contribution in [3.05, 3.63) is 72.3 Å². The molecule has 2 heteroatoms. The third-order valence-corrected chi connectivity index (χ3v) is 6.59. The number of rotatable bonds is 3. The van der Waals surface area contributed by atoms with Gasteiger partial charge in [-0.05, 0) is 69.0 Å². The van der Waals surface area contributed by atoms with Crippen LogP contribution in [0.15, 0.2) is 66.7 Å². The van der Waals surface area contributed by atoms with Crippen LogP contribution in [-0.4, -0.2) is 12.6 Å². The van der Waals surface area contributed by atoms with Crippen LogP contribution in [0.25, 0.3) is 32.3 Å². The number of fused-ring (bicyclic) bond motifs is 2. The van der Waals surface area contributed by atoms with Gasteiger partial charge in [0.25, 0.3) is 0 Å². The van der Waals surface area contributed by atoms with Gasteiger partial charge in [0.15, 0.2) is 0 Å². The average molecular weight is 352 g/mol. The summed E-state index contributed by atoms with van der Waals surface area (Å²) in [6, 6.07) is 18.8. The third-order valence-electron chi connectivity index (χ3n) is 6.59. The van der Waals surface area contributed by atoms with Gasteiger partial charge in [-0.1, -0.05) is 60.7 Å². The van der Waals surface area contributed by atoms with Crippen LogP contribution < -0.4 is 0 Å². The predicted octanol–water partition coefficient (Wildman–Crippen LogP) is 5.95. The number of ether oxygens (including phenoxy) is 1. The second kappa shape index (κ2) is 5.56. The van der Waals surface area contributed by atoms with Gasteiger partial charge in [0.2, 0.25) is 0 Å². The Labute approximate surface area is 157 Å². The molecule has 0 aliphatic heterocycles. The van der Waals surface area contributed by atoms with Crippen molar-refractivity contribution in [2.45, 2.75) is 12.8 Å². The third kappa shape index (κ3) is 2.22. The van der Waals surface area contributed by atoms with Crippen LogP contribution in [0.5, 0.6) is 0 Å². The van der Waals surface area contributed by atoms with Crippen LogP contribution in [-0.2, 0) is 4.74 Å². The van der Waals surface area contributed by atoms with Gasteiger partial charge in [0.05, 0.1) is 12.2 Å². The standard InChI is InChI=1S/C25H20O2/c26-25(27-14-20-13-15-4-5-19(20)12-15)22-11-9-18-7-6-16-2-1-3-17-8-10-21(22)24(18)23(16)17/h1-11,15,19-20H,12-14H2. The summed E-state index contributed by atoms with van der Waals surface area (Å²) in [6.07, 6.45) is 7.03. The summed E-state index contributed by atoms with van der Waals surface area (Å²) in [4.78, 5) is 12.9. The Morgan fingerprint density at radius 1 is 0.852 bits per heavy atom. The smallest absolute Gasteiger partial charge is 0.338 e. The highest BCUT2D eigenvalue weighted by atomic mass is 16.5. The Morgan fingerprint density at radius 2 is 1.59 bits per heavy atom. The molecule has 2 aliphatic rings. The van der Waals surface area contributed by atoms with Gasteiger partial charge < -0.3 is 4.74 Å². The Bertz CT molecular complexity index is 1200. The molecule has 2 bridgehead atoms. The first-order chi connectivity index (χ1) is 13.3. The molecule has 132 valence electrons. The normalized spacial score (nSPS) is 23.8. The molecule has 0 heterocycles. The Morgan fingerprint density at radius 3 is 2.33 bits per heavy atom. The maximum absolute atomic E-state index is 12.9. The number of hydrogen-bond acceptors (Lipinski definition) is 2. The molecule has 0 saturated heterocycles. The number of carbonyl (C=O) groups excluding carboxylic acids is 1. The topological polar surface area (TPSA) is 26.3 Å². The highest BCUT2D eigenvalue weighted by Crippen LogP contribution is 2.43. The quantitative estimate of drug-likeness (QED) is 0.259. The van der Waals surface area contributed by atoms with E-state index in [0.29, 0.717) is 29.9 Å². The van der Waals surface area contributed by atoms with E-state index < -0.39 is 0 Å². The minimum absolute atomic E-state index is 0.195. The van der Waals surface area contributed by atoms with Crippen molar-refractivity contribution >= 4 is 38.3 Å². The zero-order chi connectivity index (χ0) is 18.0. The van der Waals surface area contributed by atoms with Gasteiger partial charge in [-0.25, -0.2) is 4.79 Å². The summed E-state index contributed by atoms with van der Waals surface area (Å²) in [5.74, 6) is 1.60. The lowest BCUT2D eigenvalue weighted by Gasteiger charge is -2.18. The lowest BCUT2D eigenvalue weighted by Crippen LogP contribution is -2.18. The summed E-state index contributed by atoms with van der Waals surface area (Å²) in [5, 5.41) is 7.00. The lowest BCUT2D eigenvalue weighted by molar-refractivity contribution is 0.0423. The zero-order valence-electron chi connectivity index (χ0n) is 15.0. The molecular weight excluding hydrogens is 332 g/mol. The first kappa shape index (κ1) is 15.2. The number of esters is 1. The van der Waals surface area contributed by atoms with Crippen molar-refractivity contribution in [3.63, 3.8) is 0 Å². The van der Waals surface area contributed by atoms with Crippen molar-refractivity contribution in [2.75, 3.05) is 6.61 Å². The van der Waals surface area contributed by atoms with E-state index in [2.05, 4.69) is 54.6 Å².